The van der Waals surface area contributed by atoms with Crippen LogP contribution in [0.25, 0.3) is 0 Å². The van der Waals surface area contributed by atoms with Crippen molar-refractivity contribution in [3.63, 3.8) is 0 Å². The van der Waals surface area contributed by atoms with Crippen molar-refractivity contribution in [1.29, 1.82) is 0 Å². The minimum atomic E-state index is -0.997. The lowest BCUT2D eigenvalue weighted by atomic mass is 10.7. The van der Waals surface area contributed by atoms with Crippen LogP contribution < -0.4 is 0 Å². The summed E-state index contributed by atoms with van der Waals surface area (Å²) in [5.74, 6) is -0.997. The van der Waals surface area contributed by atoms with Crippen LogP contribution in [-0.2, 0) is 4.79 Å². The first-order chi connectivity index (χ1) is 3.68. The van der Waals surface area contributed by atoms with E-state index in [0.29, 0.717) is 0 Å². The molecule has 0 aromatic carbocycles. The summed E-state index contributed by atoms with van der Waals surface area (Å²) in [6, 6.07) is 0. The Morgan fingerprint density at radius 3 is 2.62 bits per heavy atom. The number of isothiocyanates is 1. The first-order valence-corrected chi connectivity index (χ1v) is 3.27. The standard InChI is InChI=1S/C3H2INO2S/c4-2(3(6)7)5-1-8/h2H,(H,6,7). The van der Waals surface area contributed by atoms with Gasteiger partial charge in [0.05, 0.1) is 5.16 Å². The van der Waals surface area contributed by atoms with Crippen LogP contribution in [-0.4, -0.2) is 20.3 Å². The Bertz CT molecular complexity index is 140. The average Bonchev–Trinajstić information content (AvgIpc) is 1.67. The lowest BCUT2D eigenvalue weighted by Crippen LogP contribution is -2.08. The van der Waals surface area contributed by atoms with E-state index in [4.69, 9.17) is 5.11 Å². The Balaban J connectivity index is 3.82. The number of nitrogens with zero attached hydrogens (tertiary/aromatic N) is 1. The molecule has 0 aromatic rings. The Morgan fingerprint density at radius 1 is 2.00 bits per heavy atom. The Morgan fingerprint density at radius 2 is 2.50 bits per heavy atom. The van der Waals surface area contributed by atoms with E-state index in [1.165, 1.54) is 0 Å². The maximum atomic E-state index is 9.90. The fourth-order valence-corrected chi connectivity index (χ4v) is 0.535. The van der Waals surface area contributed by atoms with Gasteiger partial charge in [-0.05, 0) is 34.8 Å². The van der Waals surface area contributed by atoms with E-state index in [9.17, 15) is 4.79 Å². The number of aliphatic imine (C=N–C) groups is 1. The van der Waals surface area contributed by atoms with Gasteiger partial charge in [-0.3, -0.25) is 0 Å². The molecule has 1 N–H and O–H groups in total. The van der Waals surface area contributed by atoms with Crippen LogP contribution >= 0.6 is 34.8 Å². The molecule has 1 unspecified atom stereocenters. The van der Waals surface area contributed by atoms with Crippen molar-refractivity contribution in [1.82, 2.24) is 0 Å². The molecular formula is C3H2INO2S. The zero-order valence-electron chi connectivity index (χ0n) is 3.67. The smallest absolute Gasteiger partial charge is 0.339 e. The van der Waals surface area contributed by atoms with Crippen molar-refractivity contribution in [3.8, 4) is 0 Å². The number of rotatable bonds is 2. The van der Waals surface area contributed by atoms with E-state index in [0.717, 1.165) is 0 Å². The third-order valence-corrected chi connectivity index (χ3v) is 1.29. The van der Waals surface area contributed by atoms with Crippen LogP contribution in [0.15, 0.2) is 4.99 Å². The zero-order valence-corrected chi connectivity index (χ0v) is 6.64. The second-order valence-electron chi connectivity index (χ2n) is 0.894. The van der Waals surface area contributed by atoms with E-state index in [1.807, 2.05) is 5.16 Å². The van der Waals surface area contributed by atoms with Crippen LogP contribution in [0.1, 0.15) is 0 Å². The molecule has 0 radical (unpaired) electrons. The largest absolute Gasteiger partial charge is 0.479 e. The highest BCUT2D eigenvalue weighted by Crippen LogP contribution is 1.99. The molecule has 0 saturated heterocycles. The molecule has 0 aromatic heterocycles. The van der Waals surface area contributed by atoms with E-state index in [2.05, 4.69) is 17.2 Å². The SMILES string of the molecule is O=C(O)C(I)N=C=S. The molecule has 0 spiro atoms. The summed E-state index contributed by atoms with van der Waals surface area (Å²) < 4.78 is -0.787. The molecule has 0 amide bonds. The topological polar surface area (TPSA) is 49.7 Å². The Kier molecular flexibility index (Phi) is 3.94. The summed E-state index contributed by atoms with van der Waals surface area (Å²) >= 11 is 5.80. The van der Waals surface area contributed by atoms with Gasteiger partial charge in [-0.1, -0.05) is 0 Å². The molecule has 0 bridgehead atoms. The Hall–Kier alpha value is -0.0000000000000000555. The van der Waals surface area contributed by atoms with E-state index in [-0.39, 0.29) is 0 Å². The van der Waals surface area contributed by atoms with Gasteiger partial charge in [-0.25, -0.2) is 9.79 Å². The summed E-state index contributed by atoms with van der Waals surface area (Å²) in [5, 5.41) is 10.1. The Labute approximate surface area is 64.9 Å². The number of thiocarbonyl (C=S) groups is 1. The van der Waals surface area contributed by atoms with Gasteiger partial charge in [0.25, 0.3) is 0 Å². The summed E-state index contributed by atoms with van der Waals surface area (Å²) in [4.78, 5) is 13.2. The van der Waals surface area contributed by atoms with Gasteiger partial charge in [0.1, 0.15) is 0 Å². The quantitative estimate of drug-likeness (QED) is 0.258. The minimum Gasteiger partial charge on any atom is -0.479 e. The number of halogens is 1. The summed E-state index contributed by atoms with van der Waals surface area (Å²) in [6.07, 6.45) is 0. The van der Waals surface area contributed by atoms with E-state index >= 15 is 0 Å². The van der Waals surface area contributed by atoms with Crippen molar-refractivity contribution < 1.29 is 9.90 Å². The third-order valence-electron chi connectivity index (χ3n) is 0.370. The van der Waals surface area contributed by atoms with Crippen LogP contribution in [0.3, 0.4) is 0 Å². The molecule has 8 heavy (non-hydrogen) atoms. The number of alkyl halides is 1. The van der Waals surface area contributed by atoms with Gasteiger partial charge in [-0.2, -0.15) is 0 Å². The second-order valence-corrected chi connectivity index (χ2v) is 2.26. The molecule has 1 atom stereocenters. The molecule has 3 nitrogen and oxygen atoms in total. The normalized spacial score (nSPS) is 11.6. The molecule has 0 aliphatic rings. The van der Waals surface area contributed by atoms with Crippen molar-refractivity contribution in [2.24, 2.45) is 4.99 Å². The van der Waals surface area contributed by atoms with Gasteiger partial charge in [0.15, 0.2) is 0 Å². The van der Waals surface area contributed by atoms with Crippen LogP contribution in [0.5, 0.6) is 0 Å². The van der Waals surface area contributed by atoms with Gasteiger partial charge >= 0.3 is 5.97 Å². The van der Waals surface area contributed by atoms with Gasteiger partial charge in [0, 0.05) is 0 Å². The number of carboxylic acids is 1. The summed E-state index contributed by atoms with van der Waals surface area (Å²) in [5.41, 5.74) is 0. The van der Waals surface area contributed by atoms with E-state index in [1.54, 1.807) is 22.6 Å². The average molecular weight is 243 g/mol. The number of hydrogen-bond acceptors (Lipinski definition) is 3. The molecule has 0 fully saturated rings. The lowest BCUT2D eigenvalue weighted by Gasteiger charge is -1.88. The number of hydrogen-bond donors (Lipinski definition) is 1. The number of aliphatic carboxylic acids is 1. The lowest BCUT2D eigenvalue weighted by molar-refractivity contribution is -0.135. The van der Waals surface area contributed by atoms with Crippen LogP contribution in [0, 0.1) is 0 Å². The number of carbonyl (C=O) groups is 1. The summed E-state index contributed by atoms with van der Waals surface area (Å²) in [6.45, 7) is 0. The maximum Gasteiger partial charge on any atom is 0.339 e. The van der Waals surface area contributed by atoms with Crippen molar-refractivity contribution in [3.05, 3.63) is 0 Å². The van der Waals surface area contributed by atoms with Gasteiger partial charge in [-0.15, -0.1) is 0 Å². The molecular weight excluding hydrogens is 241 g/mol. The van der Waals surface area contributed by atoms with Gasteiger partial charge in [0.2, 0.25) is 4.05 Å². The van der Waals surface area contributed by atoms with Crippen molar-refractivity contribution in [2.45, 2.75) is 4.05 Å². The molecule has 0 heterocycles. The maximum absolute atomic E-state index is 9.90. The predicted molar refractivity (Wildman–Crippen MR) is 40.5 cm³/mol. The van der Waals surface area contributed by atoms with Crippen LogP contribution in [0.2, 0.25) is 0 Å². The molecule has 0 saturated carbocycles. The first-order valence-electron chi connectivity index (χ1n) is 1.62. The highest BCUT2D eigenvalue weighted by Gasteiger charge is 2.07. The first kappa shape index (κ1) is 8.00. The molecule has 0 aliphatic carbocycles. The molecule has 44 valence electrons. The monoisotopic (exact) mass is 243 g/mol. The van der Waals surface area contributed by atoms with Crippen molar-refractivity contribution in [2.75, 3.05) is 0 Å². The van der Waals surface area contributed by atoms with Crippen molar-refractivity contribution >= 4 is 45.9 Å². The van der Waals surface area contributed by atoms with Crippen LogP contribution in [0.4, 0.5) is 0 Å². The van der Waals surface area contributed by atoms with E-state index < -0.39 is 10.0 Å². The highest BCUT2D eigenvalue weighted by atomic mass is 127. The van der Waals surface area contributed by atoms with Gasteiger partial charge < -0.3 is 5.11 Å². The predicted octanol–water partition coefficient (Wildman–Crippen LogP) is 0.935. The highest BCUT2D eigenvalue weighted by molar-refractivity contribution is 14.1. The number of carboxylic acid groups (broad SMARTS) is 1. The molecule has 0 rings (SSSR count). The minimum absolute atomic E-state index is 0.787. The fourth-order valence-electron chi connectivity index (χ4n) is 0.101. The second kappa shape index (κ2) is 3.94. The third kappa shape index (κ3) is 3.06. The molecule has 5 heteroatoms. The molecule has 0 aliphatic heterocycles. The fraction of sp³-hybridized carbons (Fsp3) is 0.333. The summed E-state index contributed by atoms with van der Waals surface area (Å²) in [7, 11) is 0. The zero-order chi connectivity index (χ0) is 6.57.